The number of carboxylic acids is 1. The van der Waals surface area contributed by atoms with Crippen LogP contribution in [0.4, 0.5) is 11.8 Å². The number of fused-ring (bicyclic) bond motifs is 1. The molecule has 1 aromatic carbocycles. The Morgan fingerprint density at radius 3 is 2.89 bits per heavy atom. The lowest BCUT2D eigenvalue weighted by molar-refractivity contribution is -0.142. The van der Waals surface area contributed by atoms with Gasteiger partial charge in [-0.1, -0.05) is 18.2 Å². The lowest BCUT2D eigenvalue weighted by atomic mass is 9.97. The Morgan fingerprint density at radius 1 is 1.26 bits per heavy atom. The van der Waals surface area contributed by atoms with Crippen LogP contribution < -0.4 is 10.2 Å². The first-order chi connectivity index (χ1) is 13.2. The average molecular weight is 365 g/mol. The van der Waals surface area contributed by atoms with E-state index in [0.29, 0.717) is 31.9 Å². The molecule has 0 saturated carbocycles. The molecule has 1 aliphatic rings. The molecule has 0 unspecified atom stereocenters. The number of anilines is 2. The normalized spacial score (nSPS) is 15.2. The molecule has 1 aliphatic heterocycles. The van der Waals surface area contributed by atoms with Gasteiger partial charge in [0.15, 0.2) is 0 Å². The third-order valence-electron chi connectivity index (χ3n) is 5.16. The van der Waals surface area contributed by atoms with Crippen LogP contribution in [0.1, 0.15) is 18.4 Å². The number of H-pyrrole nitrogens is 1. The summed E-state index contributed by atoms with van der Waals surface area (Å²) in [6.45, 7) is 2.16. The number of aliphatic carboxylic acids is 1. The van der Waals surface area contributed by atoms with Crippen molar-refractivity contribution in [3.63, 3.8) is 0 Å². The smallest absolute Gasteiger partial charge is 0.306 e. The van der Waals surface area contributed by atoms with Crippen molar-refractivity contribution in [3.05, 3.63) is 48.3 Å². The summed E-state index contributed by atoms with van der Waals surface area (Å²) in [6.07, 6.45) is 5.99. The number of aromatic nitrogens is 3. The van der Waals surface area contributed by atoms with Gasteiger partial charge in [0.05, 0.1) is 5.92 Å². The van der Waals surface area contributed by atoms with Gasteiger partial charge in [-0.25, -0.2) is 4.98 Å². The summed E-state index contributed by atoms with van der Waals surface area (Å²) in [6, 6.07) is 10.2. The van der Waals surface area contributed by atoms with Gasteiger partial charge >= 0.3 is 5.97 Å². The van der Waals surface area contributed by atoms with E-state index < -0.39 is 5.97 Å². The summed E-state index contributed by atoms with van der Waals surface area (Å²) in [5.74, 6) is 0.518. The van der Waals surface area contributed by atoms with Gasteiger partial charge in [0, 0.05) is 42.9 Å². The molecular weight excluding hydrogens is 342 g/mol. The molecule has 3 heterocycles. The lowest BCUT2D eigenvalue weighted by Gasteiger charge is -2.31. The Morgan fingerprint density at radius 2 is 2.07 bits per heavy atom. The van der Waals surface area contributed by atoms with E-state index in [-0.39, 0.29) is 5.92 Å². The fourth-order valence-electron chi connectivity index (χ4n) is 3.61. The predicted molar refractivity (Wildman–Crippen MR) is 105 cm³/mol. The molecule has 4 rings (SSSR count). The zero-order valence-corrected chi connectivity index (χ0v) is 15.1. The van der Waals surface area contributed by atoms with Crippen molar-refractivity contribution in [2.24, 2.45) is 5.92 Å². The number of piperidine rings is 1. The van der Waals surface area contributed by atoms with E-state index >= 15 is 0 Å². The topological polar surface area (TPSA) is 94.1 Å². The number of carboxylic acid groups (broad SMARTS) is 1. The first kappa shape index (κ1) is 17.3. The maximum atomic E-state index is 11.1. The van der Waals surface area contributed by atoms with E-state index in [0.717, 1.165) is 24.3 Å². The van der Waals surface area contributed by atoms with Gasteiger partial charge in [-0.2, -0.15) is 4.98 Å². The Hall–Kier alpha value is -3.09. The molecule has 3 aromatic rings. The molecule has 1 fully saturated rings. The molecule has 7 nitrogen and oxygen atoms in total. The van der Waals surface area contributed by atoms with Gasteiger partial charge < -0.3 is 20.3 Å². The van der Waals surface area contributed by atoms with Crippen molar-refractivity contribution in [3.8, 4) is 0 Å². The minimum atomic E-state index is -0.697. The molecular formula is C20H23N5O2. The number of nitrogens with one attached hydrogen (secondary N) is 2. The number of hydrogen-bond acceptors (Lipinski definition) is 5. The van der Waals surface area contributed by atoms with E-state index in [9.17, 15) is 4.79 Å². The molecule has 0 radical (unpaired) electrons. The molecule has 0 bridgehead atoms. The van der Waals surface area contributed by atoms with E-state index in [1.807, 2.05) is 18.2 Å². The highest BCUT2D eigenvalue weighted by atomic mass is 16.4. The van der Waals surface area contributed by atoms with Crippen molar-refractivity contribution < 1.29 is 9.90 Å². The summed E-state index contributed by atoms with van der Waals surface area (Å²) in [7, 11) is 0. The summed E-state index contributed by atoms with van der Waals surface area (Å²) >= 11 is 0. The monoisotopic (exact) mass is 365 g/mol. The minimum absolute atomic E-state index is 0.239. The maximum Gasteiger partial charge on any atom is 0.306 e. The molecule has 0 amide bonds. The molecule has 3 N–H and O–H groups in total. The predicted octanol–water partition coefficient (Wildman–Crippen LogP) is 2.91. The fraction of sp³-hybridized carbons (Fsp3) is 0.350. The van der Waals surface area contributed by atoms with Gasteiger partial charge in [-0.3, -0.25) is 4.79 Å². The van der Waals surface area contributed by atoms with Gasteiger partial charge in [-0.15, -0.1) is 0 Å². The highest BCUT2D eigenvalue weighted by Crippen LogP contribution is 2.22. The fourth-order valence-corrected chi connectivity index (χ4v) is 3.61. The number of hydrogen-bond donors (Lipinski definition) is 3. The Balaban J connectivity index is 1.35. The van der Waals surface area contributed by atoms with Crippen molar-refractivity contribution in [2.45, 2.75) is 19.3 Å². The van der Waals surface area contributed by atoms with Crippen LogP contribution in [0.5, 0.6) is 0 Å². The zero-order valence-electron chi connectivity index (χ0n) is 15.1. The third-order valence-corrected chi connectivity index (χ3v) is 5.16. The molecule has 27 heavy (non-hydrogen) atoms. The number of nitrogens with zero attached hydrogens (tertiary/aromatic N) is 3. The molecule has 140 valence electrons. The second-order valence-electron chi connectivity index (χ2n) is 6.87. The summed E-state index contributed by atoms with van der Waals surface area (Å²) in [5.41, 5.74) is 2.42. The van der Waals surface area contributed by atoms with Gasteiger partial charge in [-0.05, 0) is 37.0 Å². The summed E-state index contributed by atoms with van der Waals surface area (Å²) < 4.78 is 0. The minimum Gasteiger partial charge on any atom is -0.481 e. The molecule has 1 saturated heterocycles. The maximum absolute atomic E-state index is 11.1. The first-order valence-electron chi connectivity index (χ1n) is 9.30. The van der Waals surface area contributed by atoms with Gasteiger partial charge in [0.2, 0.25) is 5.95 Å². The Bertz CT molecular complexity index is 931. The lowest BCUT2D eigenvalue weighted by Crippen LogP contribution is -2.36. The first-order valence-corrected chi connectivity index (χ1v) is 9.30. The quantitative estimate of drug-likeness (QED) is 0.622. The molecule has 0 aliphatic carbocycles. The van der Waals surface area contributed by atoms with E-state index in [4.69, 9.17) is 5.11 Å². The van der Waals surface area contributed by atoms with Crippen LogP contribution in [0, 0.1) is 5.92 Å². The van der Waals surface area contributed by atoms with Crippen molar-refractivity contribution in [2.75, 3.05) is 29.9 Å². The summed E-state index contributed by atoms with van der Waals surface area (Å²) in [4.78, 5) is 25.4. The standard InChI is InChI=1S/C20H23N5O2/c26-19(27)14-7-11-25(12-8-14)18-6-10-22-20(24-18)21-9-5-15-13-23-17-4-2-1-3-16(15)17/h1-4,6,10,13-14,23H,5,7-9,11-12H2,(H,26,27)(H,21,22,24). The van der Waals surface area contributed by atoms with Crippen LogP contribution in [0.2, 0.25) is 0 Å². The van der Waals surface area contributed by atoms with Crippen LogP contribution >= 0.6 is 0 Å². The molecule has 2 aromatic heterocycles. The SMILES string of the molecule is O=C(O)C1CCN(c2ccnc(NCCc3c[nH]c4ccccc34)n2)CC1. The van der Waals surface area contributed by atoms with Crippen molar-refractivity contribution in [1.82, 2.24) is 15.0 Å². The van der Waals surface area contributed by atoms with E-state index in [2.05, 4.69) is 43.5 Å². The highest BCUT2D eigenvalue weighted by Gasteiger charge is 2.25. The number of rotatable bonds is 6. The largest absolute Gasteiger partial charge is 0.481 e. The molecule has 7 heteroatoms. The Kier molecular flexibility index (Phi) is 4.91. The highest BCUT2D eigenvalue weighted by molar-refractivity contribution is 5.83. The van der Waals surface area contributed by atoms with Crippen LogP contribution in [0.25, 0.3) is 10.9 Å². The van der Waals surface area contributed by atoms with Crippen LogP contribution in [-0.4, -0.2) is 45.7 Å². The van der Waals surface area contributed by atoms with Gasteiger partial charge in [0.25, 0.3) is 0 Å². The molecule has 0 atom stereocenters. The van der Waals surface area contributed by atoms with Crippen LogP contribution in [0.15, 0.2) is 42.7 Å². The number of aromatic amines is 1. The van der Waals surface area contributed by atoms with Crippen LogP contribution in [-0.2, 0) is 11.2 Å². The third kappa shape index (κ3) is 3.86. The van der Waals surface area contributed by atoms with Crippen LogP contribution in [0.3, 0.4) is 0 Å². The second kappa shape index (κ2) is 7.65. The Labute approximate surface area is 157 Å². The number of para-hydroxylation sites is 1. The zero-order chi connectivity index (χ0) is 18.6. The van der Waals surface area contributed by atoms with Crippen molar-refractivity contribution >= 4 is 28.6 Å². The van der Waals surface area contributed by atoms with Gasteiger partial charge in [0.1, 0.15) is 5.82 Å². The van der Waals surface area contributed by atoms with E-state index in [1.54, 1.807) is 6.20 Å². The van der Waals surface area contributed by atoms with Crippen molar-refractivity contribution in [1.29, 1.82) is 0 Å². The molecule has 0 spiro atoms. The number of benzene rings is 1. The summed E-state index contributed by atoms with van der Waals surface area (Å²) in [5, 5.41) is 13.7. The average Bonchev–Trinajstić information content (AvgIpc) is 3.12. The van der Waals surface area contributed by atoms with E-state index in [1.165, 1.54) is 10.9 Å². The number of carbonyl (C=O) groups is 1. The second-order valence-corrected chi connectivity index (χ2v) is 6.87.